The summed E-state index contributed by atoms with van der Waals surface area (Å²) in [7, 11) is 4.25. The Morgan fingerprint density at radius 1 is 1.24 bits per heavy atom. The molecule has 0 aromatic carbocycles. The molecule has 1 fully saturated rings. The average molecular weight is 361 g/mol. The van der Waals surface area contributed by atoms with E-state index >= 15 is 0 Å². The largest absolute Gasteiger partial charge is 0.481 e. The molecule has 1 atom stereocenters. The normalized spacial score (nSPS) is 26.1. The van der Waals surface area contributed by atoms with Crippen LogP contribution in [0.4, 0.5) is 0 Å². The van der Waals surface area contributed by atoms with Crippen LogP contribution in [0.3, 0.4) is 0 Å². The fourth-order valence-corrected chi connectivity index (χ4v) is 5.33. The van der Waals surface area contributed by atoms with E-state index in [0.717, 1.165) is 52.8 Å². The highest BCUT2D eigenvalue weighted by Crippen LogP contribution is 2.46. The molecule has 0 aliphatic heterocycles. The fourth-order valence-electron chi connectivity index (χ4n) is 4.12. The van der Waals surface area contributed by atoms with Crippen molar-refractivity contribution in [2.24, 2.45) is 0 Å². The summed E-state index contributed by atoms with van der Waals surface area (Å²) >= 11 is 1.59. The van der Waals surface area contributed by atoms with Crippen molar-refractivity contribution in [2.75, 3.05) is 14.1 Å². The summed E-state index contributed by atoms with van der Waals surface area (Å²) in [5, 5.41) is 10.4. The monoisotopic (exact) mass is 361 g/mol. The predicted molar refractivity (Wildman–Crippen MR) is 96.5 cm³/mol. The maximum Gasteiger partial charge on any atom is 0.311 e. The van der Waals surface area contributed by atoms with E-state index in [4.69, 9.17) is 4.74 Å². The number of hydrogen-bond donors (Lipinski definition) is 1. The van der Waals surface area contributed by atoms with Gasteiger partial charge in [0.2, 0.25) is 5.88 Å². The highest BCUT2D eigenvalue weighted by atomic mass is 32.1. The Hall–Kier alpha value is -1.73. The molecule has 1 saturated carbocycles. The molecule has 4 rings (SSSR count). The molecular weight excluding hydrogens is 338 g/mol. The van der Waals surface area contributed by atoms with Crippen LogP contribution in [0.2, 0.25) is 0 Å². The van der Waals surface area contributed by atoms with Gasteiger partial charge >= 0.3 is 5.97 Å². The third-order valence-electron chi connectivity index (χ3n) is 5.53. The van der Waals surface area contributed by atoms with Crippen molar-refractivity contribution in [3.05, 3.63) is 16.8 Å². The standard InChI is InChI=1S/C18H23N3O3S/c1-21(2)10-3-5-11(6-4-10)24-16-15-14-12(18(22)23)7-8-13(14)25-17(15)20-9-19-16/h9-12H,3-8H2,1-2H3,(H,22,23). The van der Waals surface area contributed by atoms with Crippen LogP contribution in [-0.4, -0.2) is 52.2 Å². The zero-order valence-corrected chi connectivity index (χ0v) is 15.4. The van der Waals surface area contributed by atoms with Gasteiger partial charge in [-0.2, -0.15) is 0 Å². The Balaban J connectivity index is 1.62. The smallest absolute Gasteiger partial charge is 0.311 e. The van der Waals surface area contributed by atoms with Gasteiger partial charge in [0.15, 0.2) is 0 Å². The van der Waals surface area contributed by atoms with Gasteiger partial charge in [0.1, 0.15) is 17.3 Å². The minimum Gasteiger partial charge on any atom is -0.481 e. The Morgan fingerprint density at radius 2 is 2.00 bits per heavy atom. The molecule has 6 nitrogen and oxygen atoms in total. The van der Waals surface area contributed by atoms with Crippen molar-refractivity contribution in [1.29, 1.82) is 0 Å². The van der Waals surface area contributed by atoms with Crippen LogP contribution in [-0.2, 0) is 11.2 Å². The Labute approximate surface area is 150 Å². The van der Waals surface area contributed by atoms with E-state index < -0.39 is 11.9 Å². The van der Waals surface area contributed by atoms with Crippen molar-refractivity contribution in [3.63, 3.8) is 0 Å². The van der Waals surface area contributed by atoms with Gasteiger partial charge in [-0.3, -0.25) is 4.79 Å². The van der Waals surface area contributed by atoms with Crippen LogP contribution < -0.4 is 4.74 Å². The minimum atomic E-state index is -0.764. The van der Waals surface area contributed by atoms with Crippen molar-refractivity contribution in [2.45, 2.75) is 56.6 Å². The molecule has 2 aromatic heterocycles. The van der Waals surface area contributed by atoms with Gasteiger partial charge in [0.25, 0.3) is 0 Å². The topological polar surface area (TPSA) is 75.5 Å². The SMILES string of the molecule is CN(C)C1CCC(Oc2ncnc3sc4c(c23)C(C(=O)O)CC4)CC1. The van der Waals surface area contributed by atoms with Gasteiger partial charge in [-0.1, -0.05) is 0 Å². The van der Waals surface area contributed by atoms with Gasteiger partial charge in [-0.15, -0.1) is 11.3 Å². The van der Waals surface area contributed by atoms with E-state index in [9.17, 15) is 9.90 Å². The number of aryl methyl sites for hydroxylation is 1. The van der Waals surface area contributed by atoms with Crippen molar-refractivity contribution in [3.8, 4) is 5.88 Å². The number of ether oxygens (including phenoxy) is 1. The van der Waals surface area contributed by atoms with E-state index in [-0.39, 0.29) is 6.10 Å². The van der Waals surface area contributed by atoms with Crippen LogP contribution in [0.15, 0.2) is 6.33 Å². The molecule has 0 amide bonds. The van der Waals surface area contributed by atoms with Crippen LogP contribution >= 0.6 is 11.3 Å². The number of aliphatic carboxylic acids is 1. The maximum absolute atomic E-state index is 11.6. The molecule has 1 N–H and O–H groups in total. The molecule has 25 heavy (non-hydrogen) atoms. The summed E-state index contributed by atoms with van der Waals surface area (Å²) in [6, 6.07) is 0.618. The van der Waals surface area contributed by atoms with Crippen LogP contribution in [0, 0.1) is 0 Å². The molecule has 0 radical (unpaired) electrons. The zero-order chi connectivity index (χ0) is 17.6. The number of fused-ring (bicyclic) bond motifs is 3. The van der Waals surface area contributed by atoms with Gasteiger partial charge < -0.3 is 14.7 Å². The minimum absolute atomic E-state index is 0.148. The van der Waals surface area contributed by atoms with E-state index in [0.29, 0.717) is 18.3 Å². The van der Waals surface area contributed by atoms with Crippen molar-refractivity contribution >= 4 is 27.5 Å². The van der Waals surface area contributed by atoms with Crippen LogP contribution in [0.1, 0.15) is 48.5 Å². The lowest BCUT2D eigenvalue weighted by atomic mass is 9.92. The zero-order valence-electron chi connectivity index (χ0n) is 14.6. The highest BCUT2D eigenvalue weighted by molar-refractivity contribution is 7.19. The van der Waals surface area contributed by atoms with Gasteiger partial charge in [-0.25, -0.2) is 9.97 Å². The van der Waals surface area contributed by atoms with E-state index in [1.54, 1.807) is 11.3 Å². The van der Waals surface area contributed by atoms with E-state index in [2.05, 4.69) is 29.0 Å². The van der Waals surface area contributed by atoms with E-state index in [1.807, 2.05) is 0 Å². The third-order valence-corrected chi connectivity index (χ3v) is 6.70. The number of carboxylic acids is 1. The molecule has 0 bridgehead atoms. The second-order valence-corrected chi connectivity index (χ2v) is 8.32. The lowest BCUT2D eigenvalue weighted by Crippen LogP contribution is -2.35. The number of carboxylic acid groups (broad SMARTS) is 1. The fraction of sp³-hybridized carbons (Fsp3) is 0.611. The third kappa shape index (κ3) is 3.00. The lowest BCUT2D eigenvalue weighted by molar-refractivity contribution is -0.138. The lowest BCUT2D eigenvalue weighted by Gasteiger charge is -2.32. The van der Waals surface area contributed by atoms with Crippen molar-refractivity contribution in [1.82, 2.24) is 14.9 Å². The summed E-state index contributed by atoms with van der Waals surface area (Å²) in [4.78, 5) is 24.6. The Bertz CT molecular complexity index is 796. The van der Waals surface area contributed by atoms with Crippen LogP contribution in [0.5, 0.6) is 5.88 Å². The number of nitrogens with zero attached hydrogens (tertiary/aromatic N) is 3. The summed E-state index contributed by atoms with van der Waals surface area (Å²) in [5.74, 6) is -0.648. The second-order valence-electron chi connectivity index (χ2n) is 7.24. The molecule has 0 spiro atoms. The molecule has 2 aliphatic rings. The Kier molecular flexibility index (Phi) is 4.37. The molecule has 134 valence electrons. The highest BCUT2D eigenvalue weighted by Gasteiger charge is 2.35. The van der Waals surface area contributed by atoms with Crippen LogP contribution in [0.25, 0.3) is 10.2 Å². The number of aromatic nitrogens is 2. The summed E-state index contributed by atoms with van der Waals surface area (Å²) < 4.78 is 6.25. The summed E-state index contributed by atoms with van der Waals surface area (Å²) in [5.41, 5.74) is 0.894. The van der Waals surface area contributed by atoms with Gasteiger partial charge in [-0.05, 0) is 58.2 Å². The number of carbonyl (C=O) groups is 1. The van der Waals surface area contributed by atoms with E-state index in [1.165, 1.54) is 6.33 Å². The number of rotatable bonds is 4. The molecular formula is C18H23N3O3S. The second kappa shape index (κ2) is 6.53. The molecule has 2 aliphatic carbocycles. The summed E-state index contributed by atoms with van der Waals surface area (Å²) in [6.07, 6.45) is 7.39. The molecule has 2 aromatic rings. The number of hydrogen-bond acceptors (Lipinski definition) is 6. The molecule has 7 heteroatoms. The summed E-state index contributed by atoms with van der Waals surface area (Å²) in [6.45, 7) is 0. The first kappa shape index (κ1) is 16.7. The predicted octanol–water partition coefficient (Wildman–Crippen LogP) is 3.06. The molecule has 0 saturated heterocycles. The first-order chi connectivity index (χ1) is 12.0. The molecule has 1 unspecified atom stereocenters. The van der Waals surface area contributed by atoms with Gasteiger partial charge in [0.05, 0.1) is 11.3 Å². The van der Waals surface area contributed by atoms with Gasteiger partial charge in [0, 0.05) is 10.9 Å². The quantitative estimate of drug-likeness (QED) is 0.902. The molecule has 2 heterocycles. The van der Waals surface area contributed by atoms with Crippen molar-refractivity contribution < 1.29 is 14.6 Å². The number of thiophene rings is 1. The first-order valence-electron chi connectivity index (χ1n) is 8.86. The Morgan fingerprint density at radius 3 is 2.68 bits per heavy atom. The average Bonchev–Trinajstić information content (AvgIpc) is 3.14. The maximum atomic E-state index is 11.6. The first-order valence-corrected chi connectivity index (χ1v) is 9.68.